The lowest BCUT2D eigenvalue weighted by Gasteiger charge is -2.25. The van der Waals surface area contributed by atoms with Crippen LogP contribution < -0.4 is 5.32 Å². The molecule has 0 amide bonds. The molecule has 2 nitrogen and oxygen atoms in total. The van der Waals surface area contributed by atoms with Gasteiger partial charge in [-0.3, -0.25) is 0 Å². The number of rotatable bonds is 6. The minimum Gasteiger partial charge on any atom is -0.380 e. The van der Waals surface area contributed by atoms with Gasteiger partial charge in [-0.15, -0.1) is 0 Å². The number of methoxy groups -OCH3 is 1. The van der Waals surface area contributed by atoms with E-state index in [2.05, 4.69) is 29.6 Å². The molecule has 0 bridgehead atoms. The van der Waals surface area contributed by atoms with E-state index in [1.165, 1.54) is 36.9 Å². The van der Waals surface area contributed by atoms with Gasteiger partial charge in [-0.1, -0.05) is 30.7 Å². The maximum absolute atomic E-state index is 5.09. The number of nitrogens with one attached hydrogen (secondary N) is 1. The fourth-order valence-electron chi connectivity index (χ4n) is 2.04. The van der Waals surface area contributed by atoms with Crippen LogP contribution in [0.3, 0.4) is 0 Å². The van der Waals surface area contributed by atoms with E-state index < -0.39 is 0 Å². The third-order valence-electron chi connectivity index (χ3n) is 3.32. The molecule has 0 radical (unpaired) electrons. The minimum absolute atomic E-state index is 0.704. The highest BCUT2D eigenvalue weighted by Crippen LogP contribution is 2.25. The zero-order valence-corrected chi connectivity index (χ0v) is 10.0. The molecule has 1 fully saturated rings. The van der Waals surface area contributed by atoms with Crippen LogP contribution in [-0.2, 0) is 17.9 Å². The molecule has 1 aliphatic rings. The SMILES string of the molecule is COCc1ccc(CNCC2CCC2)cc1. The summed E-state index contributed by atoms with van der Waals surface area (Å²) in [6.07, 6.45) is 4.26. The summed E-state index contributed by atoms with van der Waals surface area (Å²) in [4.78, 5) is 0. The number of hydrogen-bond acceptors (Lipinski definition) is 2. The van der Waals surface area contributed by atoms with E-state index in [1.807, 2.05) is 0 Å². The molecular weight excluding hydrogens is 198 g/mol. The highest BCUT2D eigenvalue weighted by atomic mass is 16.5. The standard InChI is InChI=1S/C14H21NO/c1-16-11-14-7-5-13(6-8-14)10-15-9-12-3-2-4-12/h5-8,12,15H,2-4,9-11H2,1H3. The van der Waals surface area contributed by atoms with Crippen LogP contribution in [-0.4, -0.2) is 13.7 Å². The fraction of sp³-hybridized carbons (Fsp3) is 0.571. The Balaban J connectivity index is 1.71. The average molecular weight is 219 g/mol. The number of benzene rings is 1. The van der Waals surface area contributed by atoms with Crippen LogP contribution in [0.5, 0.6) is 0 Å². The highest BCUT2D eigenvalue weighted by molar-refractivity contribution is 5.21. The molecule has 1 aromatic carbocycles. The smallest absolute Gasteiger partial charge is 0.0713 e. The van der Waals surface area contributed by atoms with Crippen LogP contribution in [0.25, 0.3) is 0 Å². The molecule has 0 spiro atoms. The van der Waals surface area contributed by atoms with Crippen molar-refractivity contribution < 1.29 is 4.74 Å². The average Bonchev–Trinajstić information content (AvgIpc) is 2.24. The van der Waals surface area contributed by atoms with Crippen LogP contribution in [0.1, 0.15) is 30.4 Å². The predicted molar refractivity (Wildman–Crippen MR) is 66.2 cm³/mol. The van der Waals surface area contributed by atoms with Crippen molar-refractivity contribution >= 4 is 0 Å². The Morgan fingerprint density at radius 3 is 2.44 bits per heavy atom. The van der Waals surface area contributed by atoms with Crippen molar-refractivity contribution in [3.63, 3.8) is 0 Å². The Morgan fingerprint density at radius 2 is 1.88 bits per heavy atom. The van der Waals surface area contributed by atoms with E-state index in [0.29, 0.717) is 6.61 Å². The minimum atomic E-state index is 0.704. The van der Waals surface area contributed by atoms with E-state index in [0.717, 1.165) is 12.5 Å². The zero-order chi connectivity index (χ0) is 11.2. The van der Waals surface area contributed by atoms with E-state index >= 15 is 0 Å². The highest BCUT2D eigenvalue weighted by Gasteiger charge is 2.16. The van der Waals surface area contributed by atoms with Gasteiger partial charge in [-0.05, 0) is 36.4 Å². The summed E-state index contributed by atoms with van der Waals surface area (Å²) < 4.78 is 5.09. The van der Waals surface area contributed by atoms with Crippen molar-refractivity contribution in [2.45, 2.75) is 32.4 Å². The summed E-state index contributed by atoms with van der Waals surface area (Å²) in [5, 5.41) is 3.52. The molecule has 88 valence electrons. The van der Waals surface area contributed by atoms with Gasteiger partial charge in [-0.2, -0.15) is 0 Å². The predicted octanol–water partition coefficient (Wildman–Crippen LogP) is 2.72. The van der Waals surface area contributed by atoms with Crippen LogP contribution >= 0.6 is 0 Å². The molecule has 1 aliphatic carbocycles. The zero-order valence-electron chi connectivity index (χ0n) is 10.0. The maximum atomic E-state index is 5.09. The van der Waals surface area contributed by atoms with Crippen molar-refractivity contribution in [1.29, 1.82) is 0 Å². The molecule has 1 saturated carbocycles. The van der Waals surface area contributed by atoms with Crippen LogP contribution in [0.4, 0.5) is 0 Å². The molecule has 1 aromatic rings. The van der Waals surface area contributed by atoms with Gasteiger partial charge in [0.1, 0.15) is 0 Å². The van der Waals surface area contributed by atoms with Crippen LogP contribution in [0.2, 0.25) is 0 Å². The molecule has 16 heavy (non-hydrogen) atoms. The summed E-state index contributed by atoms with van der Waals surface area (Å²) in [6.45, 7) is 2.87. The van der Waals surface area contributed by atoms with E-state index in [9.17, 15) is 0 Å². The number of hydrogen-bond donors (Lipinski definition) is 1. The van der Waals surface area contributed by atoms with Gasteiger partial charge in [0, 0.05) is 13.7 Å². The summed E-state index contributed by atoms with van der Waals surface area (Å²) >= 11 is 0. The van der Waals surface area contributed by atoms with Gasteiger partial charge in [0.25, 0.3) is 0 Å². The molecule has 2 heteroatoms. The topological polar surface area (TPSA) is 21.3 Å². The van der Waals surface area contributed by atoms with Gasteiger partial charge < -0.3 is 10.1 Å². The Bertz CT molecular complexity index is 303. The second-order valence-corrected chi connectivity index (χ2v) is 4.68. The second kappa shape index (κ2) is 6.02. The Labute approximate surface area is 98.0 Å². The molecule has 0 aliphatic heterocycles. The first-order chi connectivity index (χ1) is 7.88. The normalized spacial score (nSPS) is 16.1. The van der Waals surface area contributed by atoms with Gasteiger partial charge in [0.2, 0.25) is 0 Å². The van der Waals surface area contributed by atoms with E-state index in [1.54, 1.807) is 7.11 Å². The summed E-state index contributed by atoms with van der Waals surface area (Å²) in [6, 6.07) is 8.65. The largest absolute Gasteiger partial charge is 0.380 e. The quantitative estimate of drug-likeness (QED) is 0.794. The fourth-order valence-corrected chi connectivity index (χ4v) is 2.04. The van der Waals surface area contributed by atoms with Crippen molar-refractivity contribution in [3.8, 4) is 0 Å². The molecule has 0 saturated heterocycles. The third kappa shape index (κ3) is 3.32. The monoisotopic (exact) mass is 219 g/mol. The molecular formula is C14H21NO. The first-order valence-electron chi connectivity index (χ1n) is 6.16. The second-order valence-electron chi connectivity index (χ2n) is 4.68. The molecule has 0 heterocycles. The van der Waals surface area contributed by atoms with Crippen LogP contribution in [0.15, 0.2) is 24.3 Å². The lowest BCUT2D eigenvalue weighted by atomic mass is 9.85. The Kier molecular flexibility index (Phi) is 4.37. The van der Waals surface area contributed by atoms with E-state index in [4.69, 9.17) is 4.74 Å². The van der Waals surface area contributed by atoms with Crippen molar-refractivity contribution in [3.05, 3.63) is 35.4 Å². The van der Waals surface area contributed by atoms with Gasteiger partial charge in [0.15, 0.2) is 0 Å². The summed E-state index contributed by atoms with van der Waals surface area (Å²) in [7, 11) is 1.73. The van der Waals surface area contributed by atoms with Gasteiger partial charge in [0.05, 0.1) is 6.61 Å². The van der Waals surface area contributed by atoms with Crippen molar-refractivity contribution in [2.75, 3.05) is 13.7 Å². The maximum Gasteiger partial charge on any atom is 0.0713 e. The lowest BCUT2D eigenvalue weighted by molar-refractivity contribution is 0.185. The van der Waals surface area contributed by atoms with Gasteiger partial charge in [-0.25, -0.2) is 0 Å². The first kappa shape index (κ1) is 11.6. The molecule has 1 N–H and O–H groups in total. The lowest BCUT2D eigenvalue weighted by Crippen LogP contribution is -2.26. The summed E-state index contributed by atoms with van der Waals surface area (Å²) in [5.74, 6) is 0.938. The molecule has 0 atom stereocenters. The summed E-state index contributed by atoms with van der Waals surface area (Å²) in [5.41, 5.74) is 2.60. The molecule has 0 unspecified atom stereocenters. The first-order valence-corrected chi connectivity index (χ1v) is 6.16. The van der Waals surface area contributed by atoms with Crippen molar-refractivity contribution in [1.82, 2.24) is 5.32 Å². The van der Waals surface area contributed by atoms with E-state index in [-0.39, 0.29) is 0 Å². The molecule has 2 rings (SSSR count). The van der Waals surface area contributed by atoms with Crippen molar-refractivity contribution in [2.24, 2.45) is 5.92 Å². The van der Waals surface area contributed by atoms with Gasteiger partial charge >= 0.3 is 0 Å². The molecule has 0 aromatic heterocycles. The Hall–Kier alpha value is -0.860. The Morgan fingerprint density at radius 1 is 1.19 bits per heavy atom. The number of ether oxygens (including phenoxy) is 1. The third-order valence-corrected chi connectivity index (χ3v) is 3.32. The van der Waals surface area contributed by atoms with Crippen LogP contribution in [0, 0.1) is 5.92 Å².